The molecule has 0 saturated heterocycles. The van der Waals surface area contributed by atoms with Gasteiger partial charge >= 0.3 is 11.9 Å². The number of carbonyl (C=O) groups is 2. The molecule has 0 amide bonds. The molecule has 0 aromatic heterocycles. The van der Waals surface area contributed by atoms with Crippen LogP contribution in [0, 0.1) is 0 Å². The number of allylic oxidation sites excluding steroid dienone is 10. The molecule has 0 aromatic rings. The molecular formula is C57H102O5. The summed E-state index contributed by atoms with van der Waals surface area (Å²) in [5, 5.41) is 0. The van der Waals surface area contributed by atoms with Gasteiger partial charge in [-0.05, 0) is 77.0 Å². The minimum Gasteiger partial charge on any atom is -0.462 e. The minimum absolute atomic E-state index is 0.0657. The fraction of sp³-hybridized carbons (Fsp3) is 0.789. The maximum atomic E-state index is 12.8. The van der Waals surface area contributed by atoms with Gasteiger partial charge in [-0.15, -0.1) is 0 Å². The summed E-state index contributed by atoms with van der Waals surface area (Å²) in [6.07, 6.45) is 66.7. The summed E-state index contributed by atoms with van der Waals surface area (Å²) < 4.78 is 17.4. The molecule has 5 heteroatoms. The van der Waals surface area contributed by atoms with Gasteiger partial charge in [0.05, 0.1) is 6.61 Å². The first-order chi connectivity index (χ1) is 30.6. The van der Waals surface area contributed by atoms with Crippen LogP contribution >= 0.6 is 0 Å². The molecule has 0 fully saturated rings. The summed E-state index contributed by atoms with van der Waals surface area (Å²) in [6, 6.07) is 0. The van der Waals surface area contributed by atoms with E-state index < -0.39 is 6.10 Å². The van der Waals surface area contributed by atoms with Gasteiger partial charge in [-0.1, -0.05) is 236 Å². The largest absolute Gasteiger partial charge is 0.462 e. The predicted octanol–water partition coefficient (Wildman–Crippen LogP) is 18.1. The van der Waals surface area contributed by atoms with Gasteiger partial charge in [-0.25, -0.2) is 0 Å². The van der Waals surface area contributed by atoms with E-state index in [2.05, 4.69) is 81.5 Å². The van der Waals surface area contributed by atoms with Gasteiger partial charge in [0.2, 0.25) is 0 Å². The fourth-order valence-corrected chi connectivity index (χ4v) is 7.56. The molecule has 0 aliphatic rings. The minimum atomic E-state index is -0.554. The monoisotopic (exact) mass is 867 g/mol. The molecule has 360 valence electrons. The van der Waals surface area contributed by atoms with Gasteiger partial charge in [0, 0.05) is 19.4 Å². The predicted molar refractivity (Wildman–Crippen MR) is 270 cm³/mol. The lowest BCUT2D eigenvalue weighted by Gasteiger charge is -2.18. The van der Waals surface area contributed by atoms with E-state index in [0.717, 1.165) is 89.9 Å². The molecule has 62 heavy (non-hydrogen) atoms. The molecule has 0 radical (unpaired) electrons. The fourth-order valence-electron chi connectivity index (χ4n) is 7.56. The van der Waals surface area contributed by atoms with Gasteiger partial charge < -0.3 is 14.2 Å². The standard InChI is InChI=1S/C57H102O5/c1-4-7-10-13-16-19-22-25-26-27-28-29-30-31-34-37-40-43-46-49-52-60-53-55(62-57(59)51-48-45-42-39-36-33-24-21-18-15-12-9-6-3)54-61-56(58)50-47-44-41-38-35-32-23-20-17-14-11-8-5-2/h8,11-12,15,17,20-21,24,32,35,55H,4-7,9-10,13-14,16,18-19,22-23,25-31,33-34,36-54H2,1-3H3/b11-8-,15-12-,20-17-,24-21-,35-32-. The molecule has 0 N–H and O–H groups in total. The second-order valence-electron chi connectivity index (χ2n) is 17.8. The Balaban J connectivity index is 4.23. The van der Waals surface area contributed by atoms with Crippen molar-refractivity contribution in [1.82, 2.24) is 0 Å². The van der Waals surface area contributed by atoms with Crippen molar-refractivity contribution >= 4 is 11.9 Å². The Bertz CT molecular complexity index is 1070. The van der Waals surface area contributed by atoms with Crippen LogP contribution < -0.4 is 0 Å². The molecule has 0 heterocycles. The summed E-state index contributed by atoms with van der Waals surface area (Å²) in [6.45, 7) is 7.64. The Morgan fingerprint density at radius 2 is 0.758 bits per heavy atom. The molecule has 0 spiro atoms. The van der Waals surface area contributed by atoms with Gasteiger partial charge in [0.25, 0.3) is 0 Å². The van der Waals surface area contributed by atoms with Crippen molar-refractivity contribution in [3.05, 3.63) is 60.8 Å². The topological polar surface area (TPSA) is 61.8 Å². The van der Waals surface area contributed by atoms with E-state index in [1.807, 2.05) is 0 Å². The zero-order valence-corrected chi connectivity index (χ0v) is 41.4. The van der Waals surface area contributed by atoms with E-state index in [1.165, 1.54) is 141 Å². The zero-order valence-electron chi connectivity index (χ0n) is 41.4. The van der Waals surface area contributed by atoms with Crippen molar-refractivity contribution in [3.63, 3.8) is 0 Å². The third-order valence-corrected chi connectivity index (χ3v) is 11.5. The molecule has 0 saturated carbocycles. The van der Waals surface area contributed by atoms with Gasteiger partial charge in [-0.2, -0.15) is 0 Å². The normalized spacial score (nSPS) is 12.6. The highest BCUT2D eigenvalue weighted by molar-refractivity contribution is 5.70. The van der Waals surface area contributed by atoms with Gasteiger partial charge in [0.15, 0.2) is 6.10 Å². The summed E-state index contributed by atoms with van der Waals surface area (Å²) >= 11 is 0. The second-order valence-corrected chi connectivity index (χ2v) is 17.8. The van der Waals surface area contributed by atoms with Crippen LogP contribution in [0.3, 0.4) is 0 Å². The van der Waals surface area contributed by atoms with Gasteiger partial charge in [0.1, 0.15) is 6.61 Å². The SMILES string of the molecule is CC/C=C\C/C=C\C/C=C\CCCCCC(=O)OCC(COCCCCCCCCCCCCCCCCCCCCCC)OC(=O)CCCCCCC/C=C\C/C=C\CCC. The smallest absolute Gasteiger partial charge is 0.306 e. The van der Waals surface area contributed by atoms with E-state index in [4.69, 9.17) is 14.2 Å². The summed E-state index contributed by atoms with van der Waals surface area (Å²) in [5.41, 5.74) is 0. The third kappa shape index (κ3) is 50.2. The number of ether oxygens (including phenoxy) is 3. The Morgan fingerprint density at radius 1 is 0.371 bits per heavy atom. The number of hydrogen-bond donors (Lipinski definition) is 0. The van der Waals surface area contributed by atoms with Crippen molar-refractivity contribution in [3.8, 4) is 0 Å². The molecule has 0 aliphatic carbocycles. The highest BCUT2D eigenvalue weighted by Crippen LogP contribution is 2.16. The molecule has 0 rings (SSSR count). The summed E-state index contributed by atoms with van der Waals surface area (Å²) in [5.74, 6) is -0.440. The summed E-state index contributed by atoms with van der Waals surface area (Å²) in [7, 11) is 0. The number of carbonyl (C=O) groups excluding carboxylic acids is 2. The van der Waals surface area contributed by atoms with Crippen LogP contribution in [-0.4, -0.2) is 37.9 Å². The molecule has 5 nitrogen and oxygen atoms in total. The molecular weight excluding hydrogens is 765 g/mol. The van der Waals surface area contributed by atoms with Crippen LogP contribution in [0.4, 0.5) is 0 Å². The second kappa shape index (κ2) is 52.9. The highest BCUT2D eigenvalue weighted by atomic mass is 16.6. The maximum Gasteiger partial charge on any atom is 0.306 e. The molecule has 0 aliphatic heterocycles. The van der Waals surface area contributed by atoms with E-state index in [1.54, 1.807) is 0 Å². The number of unbranched alkanes of at least 4 members (excludes halogenated alkanes) is 28. The zero-order chi connectivity index (χ0) is 44.9. The summed E-state index contributed by atoms with van der Waals surface area (Å²) in [4.78, 5) is 25.4. The first-order valence-corrected chi connectivity index (χ1v) is 26.8. The van der Waals surface area contributed by atoms with Crippen LogP contribution in [0.25, 0.3) is 0 Å². The molecule has 1 atom stereocenters. The molecule has 1 unspecified atom stereocenters. The average molecular weight is 867 g/mol. The lowest BCUT2D eigenvalue weighted by Crippen LogP contribution is -2.30. The van der Waals surface area contributed by atoms with E-state index in [-0.39, 0.29) is 25.2 Å². The third-order valence-electron chi connectivity index (χ3n) is 11.5. The Kier molecular flexibility index (Phi) is 50.9. The highest BCUT2D eigenvalue weighted by Gasteiger charge is 2.17. The average Bonchev–Trinajstić information content (AvgIpc) is 3.27. The lowest BCUT2D eigenvalue weighted by molar-refractivity contribution is -0.163. The van der Waals surface area contributed by atoms with Crippen LogP contribution in [0.2, 0.25) is 0 Å². The van der Waals surface area contributed by atoms with Crippen molar-refractivity contribution < 1.29 is 23.8 Å². The van der Waals surface area contributed by atoms with Crippen LogP contribution in [0.5, 0.6) is 0 Å². The van der Waals surface area contributed by atoms with Crippen molar-refractivity contribution in [2.24, 2.45) is 0 Å². The number of rotatable bonds is 49. The van der Waals surface area contributed by atoms with E-state index in [9.17, 15) is 9.59 Å². The Labute approximate surface area is 385 Å². The Morgan fingerprint density at radius 3 is 1.24 bits per heavy atom. The lowest BCUT2D eigenvalue weighted by atomic mass is 10.0. The van der Waals surface area contributed by atoms with Crippen molar-refractivity contribution in [2.45, 2.75) is 271 Å². The number of hydrogen-bond acceptors (Lipinski definition) is 5. The molecule has 0 bridgehead atoms. The van der Waals surface area contributed by atoms with E-state index in [0.29, 0.717) is 19.4 Å². The first-order valence-electron chi connectivity index (χ1n) is 26.8. The van der Waals surface area contributed by atoms with Crippen molar-refractivity contribution in [1.29, 1.82) is 0 Å². The number of esters is 2. The molecule has 0 aromatic carbocycles. The van der Waals surface area contributed by atoms with Crippen LogP contribution in [0.1, 0.15) is 265 Å². The van der Waals surface area contributed by atoms with Crippen LogP contribution in [-0.2, 0) is 23.8 Å². The van der Waals surface area contributed by atoms with Crippen LogP contribution in [0.15, 0.2) is 60.8 Å². The van der Waals surface area contributed by atoms with Gasteiger partial charge in [-0.3, -0.25) is 9.59 Å². The quantitative estimate of drug-likeness (QED) is 0.0346. The van der Waals surface area contributed by atoms with E-state index >= 15 is 0 Å². The maximum absolute atomic E-state index is 12.8. The Hall–Kier alpha value is -2.40. The first kappa shape index (κ1) is 59.6. The van der Waals surface area contributed by atoms with Crippen molar-refractivity contribution in [2.75, 3.05) is 19.8 Å².